The molecule has 0 spiro atoms. The van der Waals surface area contributed by atoms with Crippen LogP contribution in [0.15, 0.2) is 53.5 Å². The number of nitrogens with one attached hydrogen (secondary N) is 2. The zero-order chi connectivity index (χ0) is 40.4. The van der Waals surface area contributed by atoms with E-state index in [9.17, 15) is 19.2 Å². The van der Waals surface area contributed by atoms with E-state index < -0.39 is 11.4 Å². The van der Waals surface area contributed by atoms with E-state index in [1.165, 1.54) is 44.2 Å². The Hall–Kier alpha value is -4.09. The number of urea groups is 1. The quantitative estimate of drug-likeness (QED) is 0.154. The average Bonchev–Trinajstić information content (AvgIpc) is 3.18. The number of hydrogen-bond acceptors (Lipinski definition) is 10. The lowest BCUT2D eigenvalue weighted by Crippen LogP contribution is -2.65. The number of ether oxygens (including phenoxy) is 2. The number of isocyanates is 1. The molecular weight excluding hydrogens is 733 g/mol. The number of ketones is 2. The second-order valence-corrected chi connectivity index (χ2v) is 18.7. The van der Waals surface area contributed by atoms with Gasteiger partial charge in [-0.2, -0.15) is 4.99 Å². The summed E-state index contributed by atoms with van der Waals surface area (Å²) in [6.45, 7) is 7.01. The number of carbonyl (C=O) groups is 3. The van der Waals surface area contributed by atoms with E-state index in [1.807, 2.05) is 48.5 Å². The molecule has 6 heterocycles. The van der Waals surface area contributed by atoms with E-state index in [1.54, 1.807) is 19.9 Å². The van der Waals surface area contributed by atoms with Gasteiger partial charge in [-0.1, -0.05) is 0 Å². The van der Waals surface area contributed by atoms with Crippen molar-refractivity contribution in [3.8, 4) is 0 Å². The summed E-state index contributed by atoms with van der Waals surface area (Å²) in [5.74, 6) is 3.16. The van der Waals surface area contributed by atoms with Crippen molar-refractivity contribution in [2.75, 3.05) is 36.0 Å². The van der Waals surface area contributed by atoms with E-state index in [4.69, 9.17) is 15.2 Å². The van der Waals surface area contributed by atoms with Gasteiger partial charge in [-0.05, 0) is 163 Å². The first-order valence-corrected chi connectivity index (χ1v) is 21.9. The molecule has 12 heteroatoms. The fraction of sp³-hybridized carbons (Fsp3) is 0.652. The molecule has 312 valence electrons. The number of aliphatic imine (C=N–C) groups is 1. The second-order valence-electron chi connectivity index (χ2n) is 18.7. The third-order valence-corrected chi connectivity index (χ3v) is 14.2. The normalized spacial score (nSPS) is 33.2. The highest BCUT2D eigenvalue weighted by Crippen LogP contribution is 2.54. The molecule has 4 aliphatic carbocycles. The lowest BCUT2D eigenvalue weighted by molar-refractivity contribution is -0.228. The lowest BCUT2D eigenvalue weighted by atomic mass is 9.65. The molecule has 2 amide bonds. The van der Waals surface area contributed by atoms with Gasteiger partial charge in [0.15, 0.2) is 17.3 Å². The minimum atomic E-state index is -0.448. The van der Waals surface area contributed by atoms with Crippen molar-refractivity contribution in [2.45, 2.75) is 139 Å². The number of hydrogen-bond donors (Lipinski definition) is 3. The highest BCUT2D eigenvalue weighted by molar-refractivity contribution is 5.94. The van der Waals surface area contributed by atoms with Crippen molar-refractivity contribution in [1.82, 2.24) is 10.6 Å². The molecule has 0 aromatic heterocycles. The van der Waals surface area contributed by atoms with Gasteiger partial charge < -0.3 is 35.6 Å². The van der Waals surface area contributed by atoms with Crippen LogP contribution in [0.25, 0.3) is 0 Å². The average molecular weight is 795 g/mol. The highest BCUT2D eigenvalue weighted by Gasteiger charge is 2.54. The molecule has 6 aliphatic heterocycles. The van der Waals surface area contributed by atoms with Crippen LogP contribution in [-0.2, 0) is 14.3 Å². The van der Waals surface area contributed by atoms with Crippen LogP contribution in [0.5, 0.6) is 0 Å². The summed E-state index contributed by atoms with van der Waals surface area (Å²) in [7, 11) is 0. The predicted molar refractivity (Wildman–Crippen MR) is 223 cm³/mol. The molecule has 12 nitrogen and oxygen atoms in total. The van der Waals surface area contributed by atoms with Crippen LogP contribution in [0.2, 0.25) is 0 Å². The maximum atomic E-state index is 12.7. The third kappa shape index (κ3) is 9.52. The Morgan fingerprint density at radius 1 is 0.672 bits per heavy atom. The van der Waals surface area contributed by atoms with Gasteiger partial charge in [-0.25, -0.2) is 9.59 Å². The Bertz CT molecular complexity index is 1760. The summed E-state index contributed by atoms with van der Waals surface area (Å²) in [5, 5.41) is 6.40. The van der Waals surface area contributed by atoms with Crippen LogP contribution in [0.3, 0.4) is 0 Å². The van der Waals surface area contributed by atoms with E-state index in [-0.39, 0.29) is 23.6 Å². The van der Waals surface area contributed by atoms with E-state index >= 15 is 0 Å². The fourth-order valence-electron chi connectivity index (χ4n) is 11.7. The maximum absolute atomic E-state index is 12.7. The van der Waals surface area contributed by atoms with Gasteiger partial charge in [-0.15, -0.1) is 0 Å². The zero-order valence-electron chi connectivity index (χ0n) is 34.3. The van der Waals surface area contributed by atoms with Crippen molar-refractivity contribution in [2.24, 2.45) is 34.4 Å². The minimum absolute atomic E-state index is 0.0730. The smallest absolute Gasteiger partial charge is 0.317 e. The highest BCUT2D eigenvalue weighted by atomic mass is 16.5. The first-order valence-electron chi connectivity index (χ1n) is 21.9. The maximum Gasteiger partial charge on any atom is 0.317 e. The fourth-order valence-corrected chi connectivity index (χ4v) is 11.7. The summed E-state index contributed by atoms with van der Waals surface area (Å²) >= 11 is 0. The van der Waals surface area contributed by atoms with Crippen molar-refractivity contribution < 1.29 is 28.7 Å². The van der Waals surface area contributed by atoms with Gasteiger partial charge >= 0.3 is 6.03 Å². The van der Waals surface area contributed by atoms with Crippen molar-refractivity contribution >= 4 is 35.1 Å². The molecule has 12 rings (SSSR count). The molecule has 58 heavy (non-hydrogen) atoms. The van der Waals surface area contributed by atoms with Crippen molar-refractivity contribution in [3.63, 3.8) is 0 Å². The second kappa shape index (κ2) is 17.3. The Kier molecular flexibility index (Phi) is 12.1. The first kappa shape index (κ1) is 40.7. The number of piperidine rings is 2. The Labute approximate surface area is 343 Å². The number of rotatable bonds is 7. The van der Waals surface area contributed by atoms with Gasteiger partial charge in [-0.3, -0.25) is 9.59 Å². The minimum Gasteiger partial charge on any atom is -0.371 e. The lowest BCUT2D eigenvalue weighted by Gasteiger charge is -2.56. The molecule has 4 atom stereocenters. The SMILES string of the molecule is CC(=O)c1ccc(N2CCC(N)CC2)cc1.CC(=O)c1ccc(N2CCC(NC(=O)NC34CC5CC(CC(C5)O3)C4)CC2)cc1.O=C=NC12CC3CC(CC(C3)O1)C2. The number of nitrogens with two attached hydrogens (primary N) is 1. The summed E-state index contributed by atoms with van der Waals surface area (Å²) in [5.41, 5.74) is 8.85. The molecule has 4 unspecified atom stereocenters. The van der Waals surface area contributed by atoms with Crippen molar-refractivity contribution in [3.05, 3.63) is 59.7 Å². The standard InChI is InChI=1S/C23H31N3O3.C13H18N2O.C10H13NO2/c1-15(27)18-2-4-20(5-3-18)26-8-6-19(7-9-26)24-22(28)25-23-13-16-10-17(14-23)12-21(11-16)29-23;1-10(16)11-2-4-13(5-3-11)15-8-6-12(14)7-9-15;12-6-11-10-4-7-1-8(5-10)3-9(2-7)13-10/h2-5,16-17,19,21H,6-14H2,1H3,(H2,24,25,28);2-5,12H,6-9,14H2,1H3;7-9H,1-5H2. The molecule has 10 fully saturated rings. The number of amides is 2. The van der Waals surface area contributed by atoms with Crippen LogP contribution >= 0.6 is 0 Å². The molecule has 4 saturated carbocycles. The molecule has 0 radical (unpaired) electrons. The predicted octanol–water partition coefficient (Wildman–Crippen LogP) is 6.91. The van der Waals surface area contributed by atoms with Gasteiger partial charge in [0.1, 0.15) is 5.72 Å². The molecule has 10 aliphatic rings. The number of carbonyl (C=O) groups excluding carboxylic acids is 4. The summed E-state index contributed by atoms with van der Waals surface area (Å²) < 4.78 is 12.1. The van der Waals surface area contributed by atoms with Gasteiger partial charge in [0, 0.05) is 73.6 Å². The number of nitrogens with zero attached hydrogens (tertiary/aromatic N) is 3. The third-order valence-electron chi connectivity index (χ3n) is 14.2. The first-order chi connectivity index (χ1) is 27.9. The van der Waals surface area contributed by atoms with E-state index in [0.29, 0.717) is 18.2 Å². The number of benzene rings is 2. The van der Waals surface area contributed by atoms with E-state index in [2.05, 4.69) is 25.4 Å². The molecule has 4 N–H and O–H groups in total. The van der Waals surface area contributed by atoms with Crippen LogP contribution in [0.1, 0.15) is 124 Å². The van der Waals surface area contributed by atoms with Gasteiger partial charge in [0.25, 0.3) is 0 Å². The Morgan fingerprint density at radius 2 is 1.12 bits per heavy atom. The Balaban J connectivity index is 0.000000135. The van der Waals surface area contributed by atoms with Crippen molar-refractivity contribution in [1.29, 1.82) is 0 Å². The monoisotopic (exact) mass is 794 g/mol. The van der Waals surface area contributed by atoms with E-state index in [0.717, 1.165) is 118 Å². The summed E-state index contributed by atoms with van der Waals surface area (Å²) in [4.78, 5) is 54.1. The largest absolute Gasteiger partial charge is 0.371 e. The van der Waals surface area contributed by atoms with Crippen LogP contribution in [0, 0.1) is 23.7 Å². The summed E-state index contributed by atoms with van der Waals surface area (Å²) in [6, 6.07) is 16.1. The summed E-state index contributed by atoms with van der Waals surface area (Å²) in [6.07, 6.45) is 17.6. The zero-order valence-corrected chi connectivity index (χ0v) is 34.3. The molecule has 2 aromatic carbocycles. The molecular formula is C46H62N6O6. The topological polar surface area (TPSA) is 156 Å². The van der Waals surface area contributed by atoms with Gasteiger partial charge in [0.05, 0.1) is 12.2 Å². The Morgan fingerprint density at radius 3 is 1.55 bits per heavy atom. The molecule has 6 saturated heterocycles. The number of anilines is 2. The van der Waals surface area contributed by atoms with Crippen LogP contribution < -0.4 is 26.2 Å². The van der Waals surface area contributed by atoms with Crippen LogP contribution in [-0.4, -0.2) is 85.6 Å². The molecule has 2 aromatic rings. The molecule has 8 bridgehead atoms. The van der Waals surface area contributed by atoms with Crippen LogP contribution in [0.4, 0.5) is 16.2 Å². The number of Topliss-reactive ketones (excluding diaryl/α,β-unsaturated/α-hetero) is 2. The van der Waals surface area contributed by atoms with Gasteiger partial charge in [0.2, 0.25) is 6.08 Å².